The third-order valence-corrected chi connectivity index (χ3v) is 5.57. The molecular weight excluding hydrogens is 296 g/mol. The minimum atomic E-state index is -3.05. The quantitative estimate of drug-likeness (QED) is 0.663. The molecule has 1 fully saturated rings. The van der Waals surface area contributed by atoms with Gasteiger partial charge in [-0.1, -0.05) is 6.07 Å². The summed E-state index contributed by atoms with van der Waals surface area (Å²) in [6.07, 6.45) is -0.330. The van der Waals surface area contributed by atoms with E-state index < -0.39 is 20.9 Å². The summed E-state index contributed by atoms with van der Waals surface area (Å²) in [5, 5.41) is 20.7. The van der Waals surface area contributed by atoms with Crippen molar-refractivity contribution in [1.82, 2.24) is 0 Å². The summed E-state index contributed by atoms with van der Waals surface area (Å²) in [6, 6.07) is 4.25. The van der Waals surface area contributed by atoms with Gasteiger partial charge in [-0.05, 0) is 25.0 Å². The monoisotopic (exact) mass is 314 g/mol. The van der Waals surface area contributed by atoms with Crippen molar-refractivity contribution < 1.29 is 18.4 Å². The van der Waals surface area contributed by atoms with Gasteiger partial charge in [0.1, 0.15) is 5.69 Å². The molecule has 1 unspecified atom stereocenters. The Labute approximate surface area is 123 Å². The average Bonchev–Trinajstić information content (AvgIpc) is 2.77. The number of aliphatic hydroxyl groups excluding tert-OH is 1. The van der Waals surface area contributed by atoms with Crippen molar-refractivity contribution in [2.24, 2.45) is 0 Å². The lowest BCUT2D eigenvalue weighted by Crippen LogP contribution is -2.33. The molecule has 1 N–H and O–H groups in total. The number of benzene rings is 1. The molecule has 0 amide bonds. The number of nitro benzene ring substituents is 1. The van der Waals surface area contributed by atoms with Crippen LogP contribution in [0.3, 0.4) is 0 Å². The van der Waals surface area contributed by atoms with E-state index in [1.807, 2.05) is 0 Å². The number of hydrogen-bond acceptors (Lipinski definition) is 6. The average molecular weight is 314 g/mol. The number of sulfone groups is 1. The van der Waals surface area contributed by atoms with Gasteiger partial charge >= 0.3 is 0 Å². The van der Waals surface area contributed by atoms with Crippen LogP contribution in [0.2, 0.25) is 0 Å². The highest BCUT2D eigenvalue weighted by molar-refractivity contribution is 7.91. The summed E-state index contributed by atoms with van der Waals surface area (Å²) in [5.41, 5.74) is 0.699. The first-order valence-electron chi connectivity index (χ1n) is 6.61. The Kier molecular flexibility index (Phi) is 4.20. The minimum Gasteiger partial charge on any atom is -0.389 e. The Bertz CT molecular complexity index is 657. The van der Waals surface area contributed by atoms with Crippen molar-refractivity contribution in [2.45, 2.75) is 25.5 Å². The second-order valence-corrected chi connectivity index (χ2v) is 7.58. The molecule has 1 aromatic carbocycles. The summed E-state index contributed by atoms with van der Waals surface area (Å²) in [4.78, 5) is 12.4. The molecule has 2 rings (SSSR count). The molecule has 1 heterocycles. The zero-order valence-electron chi connectivity index (χ0n) is 11.9. The van der Waals surface area contributed by atoms with Gasteiger partial charge in [0, 0.05) is 19.2 Å². The van der Waals surface area contributed by atoms with Gasteiger partial charge in [0.2, 0.25) is 0 Å². The second kappa shape index (κ2) is 5.61. The van der Waals surface area contributed by atoms with Gasteiger partial charge in [0.05, 0.1) is 22.5 Å². The third kappa shape index (κ3) is 3.33. The number of nitro groups is 1. The Morgan fingerprint density at radius 1 is 1.48 bits per heavy atom. The van der Waals surface area contributed by atoms with Crippen LogP contribution in [0.4, 0.5) is 11.4 Å². The molecule has 0 bridgehead atoms. The molecule has 1 aliphatic rings. The van der Waals surface area contributed by atoms with Crippen LogP contribution in [-0.4, -0.2) is 43.0 Å². The molecular formula is C13H18N2O5S. The van der Waals surface area contributed by atoms with Crippen molar-refractivity contribution in [3.8, 4) is 0 Å². The largest absolute Gasteiger partial charge is 0.389 e. The summed E-state index contributed by atoms with van der Waals surface area (Å²) >= 11 is 0. The number of nitrogens with zero attached hydrogens (tertiary/aromatic N) is 2. The Morgan fingerprint density at radius 3 is 2.62 bits per heavy atom. The standard InChI is InChI=1S/C13H18N2O5S/c1-9(16)10-3-4-12(13(7-10)15(17)18)14(2)11-5-6-21(19,20)8-11/h3-4,7,9,11,16H,5-6,8H2,1-2H3/t9-,11?/m0/s1. The number of aliphatic hydroxyl groups is 1. The van der Waals surface area contributed by atoms with E-state index in [1.54, 1.807) is 24.1 Å². The maximum atomic E-state index is 11.5. The molecule has 0 aromatic heterocycles. The maximum Gasteiger partial charge on any atom is 0.292 e. The molecule has 0 saturated carbocycles. The molecule has 0 radical (unpaired) electrons. The molecule has 1 aliphatic heterocycles. The number of hydrogen-bond donors (Lipinski definition) is 1. The highest BCUT2D eigenvalue weighted by Crippen LogP contribution is 2.33. The lowest BCUT2D eigenvalue weighted by molar-refractivity contribution is -0.384. The summed E-state index contributed by atoms with van der Waals surface area (Å²) in [6.45, 7) is 1.53. The van der Waals surface area contributed by atoms with Crippen molar-refractivity contribution in [1.29, 1.82) is 0 Å². The predicted octanol–water partition coefficient (Wildman–Crippen LogP) is 1.27. The fourth-order valence-corrected chi connectivity index (χ4v) is 4.30. The molecule has 8 heteroatoms. The van der Waals surface area contributed by atoms with E-state index in [0.717, 1.165) is 0 Å². The van der Waals surface area contributed by atoms with Gasteiger partial charge in [-0.2, -0.15) is 0 Å². The van der Waals surface area contributed by atoms with Gasteiger partial charge in [-0.3, -0.25) is 10.1 Å². The van der Waals surface area contributed by atoms with E-state index in [4.69, 9.17) is 0 Å². The highest BCUT2D eigenvalue weighted by Gasteiger charge is 2.33. The zero-order chi connectivity index (χ0) is 15.8. The van der Waals surface area contributed by atoms with Gasteiger partial charge in [0.15, 0.2) is 9.84 Å². The third-order valence-electron chi connectivity index (χ3n) is 3.81. The number of rotatable bonds is 4. The van der Waals surface area contributed by atoms with E-state index in [-0.39, 0.29) is 23.2 Å². The van der Waals surface area contributed by atoms with Crippen LogP contribution in [0.5, 0.6) is 0 Å². The first-order chi connectivity index (χ1) is 9.71. The Hall–Kier alpha value is -1.67. The minimum absolute atomic E-state index is 0.0127. The van der Waals surface area contributed by atoms with E-state index in [1.165, 1.54) is 13.0 Å². The van der Waals surface area contributed by atoms with Crippen molar-refractivity contribution >= 4 is 21.2 Å². The first kappa shape index (κ1) is 15.7. The number of anilines is 1. The Balaban J connectivity index is 2.37. The normalized spacial score (nSPS) is 22.0. The van der Waals surface area contributed by atoms with Crippen LogP contribution < -0.4 is 4.90 Å². The fourth-order valence-electron chi connectivity index (χ4n) is 2.52. The lowest BCUT2D eigenvalue weighted by atomic mass is 10.1. The molecule has 7 nitrogen and oxygen atoms in total. The lowest BCUT2D eigenvalue weighted by Gasteiger charge is -2.25. The summed E-state index contributed by atoms with van der Waals surface area (Å²) in [5.74, 6) is 0.125. The van der Waals surface area contributed by atoms with Crippen molar-refractivity contribution in [3.63, 3.8) is 0 Å². The van der Waals surface area contributed by atoms with Crippen LogP contribution >= 0.6 is 0 Å². The van der Waals surface area contributed by atoms with Crippen LogP contribution in [0, 0.1) is 10.1 Å². The van der Waals surface area contributed by atoms with E-state index in [9.17, 15) is 23.6 Å². The van der Waals surface area contributed by atoms with Crippen LogP contribution in [0.15, 0.2) is 18.2 Å². The molecule has 1 aromatic rings. The first-order valence-corrected chi connectivity index (χ1v) is 8.43. The van der Waals surface area contributed by atoms with E-state index in [2.05, 4.69) is 0 Å². The van der Waals surface area contributed by atoms with Crippen molar-refractivity contribution in [2.75, 3.05) is 23.5 Å². The molecule has 1 saturated heterocycles. The van der Waals surface area contributed by atoms with Crippen LogP contribution in [0.25, 0.3) is 0 Å². The predicted molar refractivity (Wildman–Crippen MR) is 79.2 cm³/mol. The second-order valence-electron chi connectivity index (χ2n) is 5.35. The molecule has 0 aliphatic carbocycles. The zero-order valence-corrected chi connectivity index (χ0v) is 12.7. The summed E-state index contributed by atoms with van der Waals surface area (Å²) < 4.78 is 23.1. The smallest absolute Gasteiger partial charge is 0.292 e. The molecule has 0 spiro atoms. The molecule has 21 heavy (non-hydrogen) atoms. The van der Waals surface area contributed by atoms with Gasteiger partial charge < -0.3 is 10.0 Å². The van der Waals surface area contributed by atoms with Gasteiger partial charge in [-0.15, -0.1) is 0 Å². The fraction of sp³-hybridized carbons (Fsp3) is 0.538. The highest BCUT2D eigenvalue weighted by atomic mass is 32.2. The molecule has 116 valence electrons. The van der Waals surface area contributed by atoms with Gasteiger partial charge in [0.25, 0.3) is 5.69 Å². The Morgan fingerprint density at radius 2 is 2.14 bits per heavy atom. The topological polar surface area (TPSA) is 101 Å². The SMILES string of the molecule is C[C@H](O)c1ccc(N(C)C2CCS(=O)(=O)C2)c([N+](=O)[O-])c1. The van der Waals surface area contributed by atoms with E-state index in [0.29, 0.717) is 17.7 Å². The van der Waals surface area contributed by atoms with E-state index >= 15 is 0 Å². The summed E-state index contributed by atoms with van der Waals surface area (Å²) in [7, 11) is -1.39. The van der Waals surface area contributed by atoms with Crippen LogP contribution in [-0.2, 0) is 9.84 Å². The van der Waals surface area contributed by atoms with Crippen LogP contribution in [0.1, 0.15) is 25.0 Å². The van der Waals surface area contributed by atoms with Crippen molar-refractivity contribution in [3.05, 3.63) is 33.9 Å². The van der Waals surface area contributed by atoms with Gasteiger partial charge in [-0.25, -0.2) is 8.42 Å². The molecule has 2 atom stereocenters. The maximum absolute atomic E-state index is 11.5.